The second-order valence-electron chi connectivity index (χ2n) is 9.13. The predicted molar refractivity (Wildman–Crippen MR) is 143 cm³/mol. The summed E-state index contributed by atoms with van der Waals surface area (Å²) in [6.45, 7) is 2.64. The van der Waals surface area contributed by atoms with Gasteiger partial charge in [-0.15, -0.1) is 6.54 Å². The van der Waals surface area contributed by atoms with Crippen molar-refractivity contribution >= 4 is 23.6 Å². The van der Waals surface area contributed by atoms with Crippen molar-refractivity contribution in [2.24, 2.45) is 0 Å². The first-order valence-corrected chi connectivity index (χ1v) is 13.1. The predicted octanol–water partition coefficient (Wildman–Crippen LogP) is 1.85. The number of hydrogen-bond acceptors (Lipinski definition) is 7. The molecule has 0 spiro atoms. The molecule has 0 aromatic heterocycles. The Morgan fingerprint density at radius 3 is 2.42 bits per heavy atom. The van der Waals surface area contributed by atoms with Crippen LogP contribution >= 0.6 is 0 Å². The van der Waals surface area contributed by atoms with E-state index in [1.165, 1.54) is 0 Å². The standard InChI is InChI=1S/C28H41N3O6.Rb.H2/c1-21(32)9-4-3-7-16-30-28(35)37-18-8-17-36-20-26(33)31-19-22-12-14-23(15-13-22)27(34)24-10-5-6-11-25(24)29-2;;/h12-15H,3-11,16-20H2,1-2H3,(H3,29,30,31,33,34,35);;1H/q;+1;/p-1. The molecule has 0 fully saturated rings. The molecule has 2 amide bonds. The zero-order valence-electron chi connectivity index (χ0n) is 23.1. The zero-order valence-corrected chi connectivity index (χ0v) is 28.0. The maximum atomic E-state index is 12.8. The first-order chi connectivity index (χ1) is 17.9. The first-order valence-electron chi connectivity index (χ1n) is 13.1. The van der Waals surface area contributed by atoms with Crippen molar-refractivity contribution in [2.75, 3.05) is 33.4 Å². The van der Waals surface area contributed by atoms with Crippen LogP contribution < -0.4 is 68.8 Å². The average Bonchev–Trinajstić information content (AvgIpc) is 2.91. The normalized spacial score (nSPS) is 12.8. The number of carbonyl (C=O) groups is 4. The maximum absolute atomic E-state index is 12.8. The number of Topliss-reactive ketones (excluding diaryl/α,β-unsaturated/α-hetero) is 2. The second-order valence-corrected chi connectivity index (χ2v) is 9.13. The van der Waals surface area contributed by atoms with Gasteiger partial charge in [-0.2, -0.15) is 0 Å². The number of rotatable bonds is 17. The molecule has 1 aliphatic carbocycles. The van der Waals surface area contributed by atoms with Crippen LogP contribution in [0.15, 0.2) is 35.5 Å². The molecule has 0 saturated heterocycles. The number of ketones is 2. The fourth-order valence-corrected chi connectivity index (χ4v) is 4.00. The molecule has 38 heavy (non-hydrogen) atoms. The molecule has 0 unspecified atom stereocenters. The molecule has 1 aliphatic rings. The van der Waals surface area contributed by atoms with E-state index in [2.05, 4.69) is 16.0 Å². The summed E-state index contributed by atoms with van der Waals surface area (Å²) in [6.07, 6.45) is 6.91. The van der Waals surface area contributed by atoms with E-state index in [-0.39, 0.29) is 103 Å². The van der Waals surface area contributed by atoms with Crippen molar-refractivity contribution in [3.63, 3.8) is 0 Å². The largest absolute Gasteiger partial charge is 1.00 e. The minimum absolute atomic E-state index is 0. The quantitative estimate of drug-likeness (QED) is 0.206. The average molecular weight is 602 g/mol. The third-order valence-corrected chi connectivity index (χ3v) is 6.06. The summed E-state index contributed by atoms with van der Waals surface area (Å²) in [5.74, 6) is -0.130. The monoisotopic (exact) mass is 601 g/mol. The number of benzene rings is 1. The van der Waals surface area contributed by atoms with Crippen LogP contribution in [0, 0.1) is 0 Å². The van der Waals surface area contributed by atoms with Gasteiger partial charge in [0, 0.05) is 44.7 Å². The van der Waals surface area contributed by atoms with Crippen LogP contribution in [0.1, 0.15) is 82.1 Å². The second kappa shape index (κ2) is 20.5. The summed E-state index contributed by atoms with van der Waals surface area (Å²) < 4.78 is 10.4. The van der Waals surface area contributed by atoms with Crippen molar-refractivity contribution in [3.8, 4) is 0 Å². The SMILES string of the molecule is CNC1=C(C(=O)c2ccc(C[N-]C(=O)COCCCOC(=O)NCCCCCC(C)=O)cc2)CCCC1.[HH].[Rb+]. The Balaban J connectivity index is 0.00000722. The Kier molecular flexibility index (Phi) is 18.7. The third kappa shape index (κ3) is 14.1. The van der Waals surface area contributed by atoms with E-state index in [0.717, 1.165) is 61.8 Å². The van der Waals surface area contributed by atoms with Crippen molar-refractivity contribution in [3.05, 3.63) is 52.0 Å². The van der Waals surface area contributed by atoms with Gasteiger partial charge in [0.15, 0.2) is 5.78 Å². The number of nitrogens with zero attached hydrogens (tertiary/aromatic N) is 1. The molecular weight excluding hydrogens is 560 g/mol. The molecule has 0 bridgehead atoms. The fourth-order valence-electron chi connectivity index (χ4n) is 4.00. The summed E-state index contributed by atoms with van der Waals surface area (Å²) in [6, 6.07) is 7.21. The summed E-state index contributed by atoms with van der Waals surface area (Å²) in [4.78, 5) is 47.3. The molecule has 0 atom stereocenters. The fraction of sp³-hybridized carbons (Fsp3) is 0.571. The molecule has 0 aliphatic heterocycles. The minimum atomic E-state index is -0.483. The summed E-state index contributed by atoms with van der Waals surface area (Å²) in [7, 11) is 1.86. The van der Waals surface area contributed by atoms with E-state index < -0.39 is 6.09 Å². The minimum Gasteiger partial charge on any atom is -0.648 e. The van der Waals surface area contributed by atoms with E-state index >= 15 is 0 Å². The topological polar surface area (TPSA) is 125 Å². The molecule has 2 N–H and O–H groups in total. The van der Waals surface area contributed by atoms with Crippen molar-refractivity contribution in [1.29, 1.82) is 0 Å². The van der Waals surface area contributed by atoms with Crippen LogP contribution in [0.4, 0.5) is 4.79 Å². The van der Waals surface area contributed by atoms with Gasteiger partial charge in [-0.25, -0.2) is 4.79 Å². The van der Waals surface area contributed by atoms with E-state index in [1.54, 1.807) is 19.1 Å². The van der Waals surface area contributed by atoms with Crippen molar-refractivity contribution in [1.82, 2.24) is 10.6 Å². The van der Waals surface area contributed by atoms with Gasteiger partial charge >= 0.3 is 64.3 Å². The summed E-state index contributed by atoms with van der Waals surface area (Å²) in [5, 5.41) is 9.83. The van der Waals surface area contributed by atoms with Gasteiger partial charge in [-0.3, -0.25) is 4.79 Å². The van der Waals surface area contributed by atoms with Crippen molar-refractivity contribution in [2.45, 2.75) is 71.3 Å². The Morgan fingerprint density at radius 1 is 0.974 bits per heavy atom. The number of alkyl carbamates (subject to hydrolysis) is 1. The van der Waals surface area contributed by atoms with Crippen LogP contribution in [-0.2, 0) is 25.6 Å². The van der Waals surface area contributed by atoms with Crippen LogP contribution in [0.25, 0.3) is 5.32 Å². The molecule has 1 aromatic carbocycles. The Hall–Kier alpha value is -1.39. The Morgan fingerprint density at radius 2 is 1.71 bits per heavy atom. The van der Waals surface area contributed by atoms with Gasteiger partial charge in [0.2, 0.25) is 0 Å². The van der Waals surface area contributed by atoms with Gasteiger partial charge in [-0.1, -0.05) is 36.2 Å². The molecular formula is C28H42N3O6Rb. The summed E-state index contributed by atoms with van der Waals surface area (Å²) >= 11 is 0. The molecule has 10 heteroatoms. The van der Waals surface area contributed by atoms with Gasteiger partial charge < -0.3 is 35.0 Å². The number of ether oxygens (including phenoxy) is 2. The molecule has 1 aromatic rings. The molecule has 0 radical (unpaired) electrons. The Labute approximate surface area is 276 Å². The van der Waals surface area contributed by atoms with E-state index in [9.17, 15) is 19.2 Å². The number of amides is 2. The van der Waals surface area contributed by atoms with Crippen molar-refractivity contribution < 1.29 is 88.3 Å². The molecule has 0 saturated carbocycles. The number of allylic oxidation sites excluding steroid dienone is 2. The molecule has 2 rings (SSSR count). The number of carbonyl (C=O) groups excluding carboxylic acids is 4. The van der Waals surface area contributed by atoms with Crippen LogP contribution in [-0.4, -0.2) is 57.0 Å². The number of unbranched alkanes of at least 4 members (excludes halogenated alkanes) is 2. The molecule has 9 nitrogen and oxygen atoms in total. The first kappa shape index (κ1) is 34.6. The van der Waals surface area contributed by atoms with Gasteiger partial charge in [-0.05, 0) is 45.4 Å². The zero-order chi connectivity index (χ0) is 26.9. The van der Waals surface area contributed by atoms with E-state index in [4.69, 9.17) is 9.47 Å². The van der Waals surface area contributed by atoms with Gasteiger partial charge in [0.05, 0.1) is 25.7 Å². The van der Waals surface area contributed by atoms with Gasteiger partial charge in [0.25, 0.3) is 0 Å². The smallest absolute Gasteiger partial charge is 0.648 e. The van der Waals surface area contributed by atoms with Gasteiger partial charge in [0.1, 0.15) is 5.78 Å². The Bertz CT molecular complexity index is 940. The summed E-state index contributed by atoms with van der Waals surface area (Å²) in [5.41, 5.74) is 3.38. The number of nitrogens with one attached hydrogen (secondary N) is 2. The van der Waals surface area contributed by atoms with E-state index in [1.807, 2.05) is 19.2 Å². The van der Waals surface area contributed by atoms with Crippen LogP contribution in [0.3, 0.4) is 0 Å². The third-order valence-electron chi connectivity index (χ3n) is 6.06. The van der Waals surface area contributed by atoms with Crippen LogP contribution in [0.2, 0.25) is 0 Å². The van der Waals surface area contributed by atoms with Crippen LogP contribution in [0.5, 0.6) is 0 Å². The maximum Gasteiger partial charge on any atom is 1.00 e. The van der Waals surface area contributed by atoms with E-state index in [0.29, 0.717) is 24.9 Å². The molecule has 206 valence electrons. The molecule has 0 heterocycles. The number of hydrogen-bond donors (Lipinski definition) is 2.